The van der Waals surface area contributed by atoms with Crippen LogP contribution in [-0.4, -0.2) is 6.29 Å². The summed E-state index contributed by atoms with van der Waals surface area (Å²) in [6.45, 7) is 9.58. The van der Waals surface area contributed by atoms with Gasteiger partial charge in [-0.1, -0.05) is 25.3 Å². The molecule has 0 N–H and O–H groups in total. The largest absolute Gasteiger partial charge is 0.304 e. The average Bonchev–Trinajstić information content (AvgIpc) is 2.09. The van der Waals surface area contributed by atoms with Gasteiger partial charge in [0.05, 0.1) is 0 Å². The Bertz CT molecular complexity index is 122. The lowest BCUT2D eigenvalue weighted by Crippen LogP contribution is -1.74. The molecule has 0 atom stereocenters. The van der Waals surface area contributed by atoms with Gasteiger partial charge in [0.2, 0.25) is 0 Å². The normalized spacial score (nSPS) is 6.85. The smallest absolute Gasteiger partial charge is 0.116 e. The predicted octanol–water partition coefficient (Wildman–Crippen LogP) is 3.60. The monoisotopic (exact) mass is 182 g/mol. The minimum absolute atomic E-state index is 0.750. The fraction of sp³-hybridized carbons (Fsp3) is 0.583. The predicted molar refractivity (Wildman–Crippen MR) is 60.6 cm³/mol. The molecule has 0 aromatic heterocycles. The van der Waals surface area contributed by atoms with E-state index in [1.54, 1.807) is 0 Å². The Labute approximate surface area is 83.2 Å². The minimum atomic E-state index is 0.750. The fourth-order valence-corrected chi connectivity index (χ4v) is 0.677. The lowest BCUT2D eigenvalue weighted by atomic mass is 10.1. The van der Waals surface area contributed by atoms with Crippen LogP contribution in [0.4, 0.5) is 0 Å². The topological polar surface area (TPSA) is 17.1 Å². The molecule has 0 aromatic rings. The van der Waals surface area contributed by atoms with E-state index < -0.39 is 0 Å². The molecule has 0 radical (unpaired) electrons. The van der Waals surface area contributed by atoms with Crippen molar-refractivity contribution in [1.82, 2.24) is 0 Å². The van der Waals surface area contributed by atoms with Crippen molar-refractivity contribution in [2.45, 2.75) is 46.5 Å². The quantitative estimate of drug-likeness (QED) is 0.281. The summed E-state index contributed by atoms with van der Waals surface area (Å²) < 4.78 is 0. The van der Waals surface area contributed by atoms with Gasteiger partial charge in [-0.3, -0.25) is 0 Å². The zero-order valence-electron chi connectivity index (χ0n) is 9.18. The molecule has 0 saturated heterocycles. The van der Waals surface area contributed by atoms with Gasteiger partial charge in [0.1, 0.15) is 6.29 Å². The first-order valence-electron chi connectivity index (χ1n) is 4.56. The highest BCUT2D eigenvalue weighted by Gasteiger charge is 1.84. The number of terminal acetylenes is 1. The summed E-state index contributed by atoms with van der Waals surface area (Å²) >= 11 is 0. The maximum atomic E-state index is 8.81. The zero-order chi connectivity index (χ0) is 11.1. The first-order valence-corrected chi connectivity index (χ1v) is 4.56. The van der Waals surface area contributed by atoms with E-state index >= 15 is 0 Å². The second kappa shape index (κ2) is 22.4. The summed E-state index contributed by atoms with van der Waals surface area (Å²) in [5, 5.41) is 0. The highest BCUT2D eigenvalue weighted by atomic mass is 16.1. The Morgan fingerprint density at radius 3 is 2.00 bits per heavy atom. The lowest BCUT2D eigenvalue weighted by Gasteiger charge is -1.94. The molecule has 0 rings (SSSR count). The third kappa shape index (κ3) is 56.0. The molecule has 0 unspecified atom stereocenters. The Balaban J connectivity index is -0.000000169. The maximum Gasteiger partial charge on any atom is 0.116 e. The van der Waals surface area contributed by atoms with Crippen LogP contribution in [0.25, 0.3) is 0 Å². The number of allylic oxidation sites excluding steroid dienone is 1. The van der Waals surface area contributed by atoms with Crippen molar-refractivity contribution in [1.29, 1.82) is 0 Å². The molecule has 0 bridgehead atoms. The van der Waals surface area contributed by atoms with Gasteiger partial charge in [-0.15, -0.1) is 19.4 Å². The first-order chi connectivity index (χ1) is 6.18. The number of carbonyl (C=O) groups excluding carboxylic acids is 1. The molecule has 0 heterocycles. The number of rotatable bonds is 4. The lowest BCUT2D eigenvalue weighted by molar-refractivity contribution is -0.106. The van der Waals surface area contributed by atoms with Crippen molar-refractivity contribution in [3.05, 3.63) is 12.2 Å². The van der Waals surface area contributed by atoms with Gasteiger partial charge in [-0.05, 0) is 26.7 Å². The molecular weight excluding hydrogens is 160 g/mol. The zero-order valence-corrected chi connectivity index (χ0v) is 9.18. The highest BCUT2D eigenvalue weighted by molar-refractivity contribution is 5.44. The van der Waals surface area contributed by atoms with Crippen LogP contribution in [0.5, 0.6) is 0 Å². The van der Waals surface area contributed by atoms with Gasteiger partial charge in [0.15, 0.2) is 0 Å². The van der Waals surface area contributed by atoms with Crippen molar-refractivity contribution in [3.8, 4) is 12.8 Å². The number of hydrogen-bond donors (Lipinski definition) is 0. The van der Waals surface area contributed by atoms with Crippen molar-refractivity contribution in [3.63, 3.8) is 0 Å². The molecule has 0 fully saturated rings. The van der Waals surface area contributed by atoms with Crippen LogP contribution < -0.4 is 0 Å². The van der Waals surface area contributed by atoms with Crippen molar-refractivity contribution in [2.24, 2.45) is 0 Å². The molecule has 0 aliphatic rings. The van der Waals surface area contributed by atoms with E-state index in [1.807, 2.05) is 0 Å². The average molecular weight is 182 g/mol. The SMILES string of the molecule is C#C.C=C(C)CCCCC.CC=O. The van der Waals surface area contributed by atoms with E-state index in [9.17, 15) is 0 Å². The van der Waals surface area contributed by atoms with Gasteiger partial charge >= 0.3 is 0 Å². The third-order valence-electron chi connectivity index (χ3n) is 1.21. The van der Waals surface area contributed by atoms with E-state index in [1.165, 1.54) is 38.2 Å². The van der Waals surface area contributed by atoms with Crippen molar-refractivity contribution in [2.75, 3.05) is 0 Å². The summed E-state index contributed by atoms with van der Waals surface area (Å²) in [6, 6.07) is 0. The fourth-order valence-electron chi connectivity index (χ4n) is 0.677. The van der Waals surface area contributed by atoms with Crippen LogP contribution >= 0.6 is 0 Å². The van der Waals surface area contributed by atoms with Crippen LogP contribution in [0.2, 0.25) is 0 Å². The standard InChI is InChI=1S/C8H16.C2H4O.C2H2/c1-4-5-6-7-8(2)3;1-2-3;1-2/h2,4-7H2,1,3H3;2H,1H3;1-2H. The van der Waals surface area contributed by atoms with E-state index in [2.05, 4.69) is 33.3 Å². The van der Waals surface area contributed by atoms with Crippen LogP contribution in [-0.2, 0) is 4.79 Å². The minimum Gasteiger partial charge on any atom is -0.304 e. The Morgan fingerprint density at radius 1 is 1.38 bits per heavy atom. The van der Waals surface area contributed by atoms with E-state index in [4.69, 9.17) is 4.79 Å². The molecule has 1 heteroatoms. The van der Waals surface area contributed by atoms with Crippen LogP contribution in [0, 0.1) is 12.8 Å². The number of carbonyl (C=O) groups is 1. The third-order valence-corrected chi connectivity index (χ3v) is 1.21. The van der Waals surface area contributed by atoms with Crippen LogP contribution in [0.1, 0.15) is 46.5 Å². The number of unbranched alkanes of at least 4 members (excludes halogenated alkanes) is 2. The molecule has 0 amide bonds. The van der Waals surface area contributed by atoms with E-state index in [0.717, 1.165) is 6.29 Å². The summed E-state index contributed by atoms with van der Waals surface area (Å²) in [6.07, 6.45) is 14.0. The second-order valence-corrected chi connectivity index (χ2v) is 2.65. The Hall–Kier alpha value is -1.03. The second-order valence-electron chi connectivity index (χ2n) is 2.65. The molecule has 13 heavy (non-hydrogen) atoms. The number of hydrogen-bond acceptors (Lipinski definition) is 1. The van der Waals surface area contributed by atoms with Gasteiger partial charge in [0.25, 0.3) is 0 Å². The molecule has 76 valence electrons. The van der Waals surface area contributed by atoms with Gasteiger partial charge in [0, 0.05) is 0 Å². The number of aldehydes is 1. The summed E-state index contributed by atoms with van der Waals surface area (Å²) in [4.78, 5) is 8.81. The molecule has 0 saturated carbocycles. The van der Waals surface area contributed by atoms with Gasteiger partial charge in [-0.2, -0.15) is 0 Å². The Kier molecular flexibility index (Phi) is 30.9. The highest BCUT2D eigenvalue weighted by Crippen LogP contribution is 2.04. The van der Waals surface area contributed by atoms with Crippen LogP contribution in [0.3, 0.4) is 0 Å². The van der Waals surface area contributed by atoms with Crippen LogP contribution in [0.15, 0.2) is 12.2 Å². The van der Waals surface area contributed by atoms with Gasteiger partial charge < -0.3 is 4.79 Å². The van der Waals surface area contributed by atoms with Crippen molar-refractivity contribution >= 4 is 6.29 Å². The van der Waals surface area contributed by atoms with Gasteiger partial charge in [-0.25, -0.2) is 0 Å². The maximum absolute atomic E-state index is 8.81. The molecule has 1 nitrogen and oxygen atoms in total. The summed E-state index contributed by atoms with van der Waals surface area (Å²) in [5.41, 5.74) is 1.32. The van der Waals surface area contributed by atoms with E-state index in [-0.39, 0.29) is 0 Å². The molecule has 0 aromatic carbocycles. The van der Waals surface area contributed by atoms with Crippen molar-refractivity contribution < 1.29 is 4.79 Å². The molecule has 0 spiro atoms. The summed E-state index contributed by atoms with van der Waals surface area (Å²) in [5.74, 6) is 0. The summed E-state index contributed by atoms with van der Waals surface area (Å²) in [7, 11) is 0. The Morgan fingerprint density at radius 2 is 1.77 bits per heavy atom. The molecule has 0 aliphatic carbocycles. The first kappa shape index (κ1) is 17.9. The molecule has 0 aliphatic heterocycles. The molecular formula is C12H22O. The van der Waals surface area contributed by atoms with E-state index in [0.29, 0.717) is 0 Å².